The van der Waals surface area contributed by atoms with Crippen LogP contribution < -0.4 is 5.32 Å². The Hall–Kier alpha value is -2.75. The number of hydrogen-bond donors (Lipinski definition) is 1. The molecule has 2 aromatic rings. The Morgan fingerprint density at radius 2 is 1.70 bits per heavy atom. The zero-order valence-corrected chi connectivity index (χ0v) is 19.9. The first-order valence-electron chi connectivity index (χ1n) is 11.0. The van der Waals surface area contributed by atoms with E-state index in [0.717, 1.165) is 12.0 Å². The van der Waals surface area contributed by atoms with Crippen LogP contribution in [0, 0.1) is 0 Å². The van der Waals surface area contributed by atoms with Gasteiger partial charge in [-0.15, -0.1) is 0 Å². The molecule has 0 aromatic heterocycles. The fourth-order valence-corrected chi connectivity index (χ4v) is 4.88. The van der Waals surface area contributed by atoms with Crippen molar-refractivity contribution in [2.75, 3.05) is 31.6 Å². The van der Waals surface area contributed by atoms with Gasteiger partial charge in [0.1, 0.15) is 0 Å². The second-order valence-corrected chi connectivity index (χ2v) is 9.91. The zero-order chi connectivity index (χ0) is 24.0. The van der Waals surface area contributed by atoms with Gasteiger partial charge >= 0.3 is 5.97 Å². The van der Waals surface area contributed by atoms with Crippen LogP contribution in [0.25, 0.3) is 0 Å². The largest absolute Gasteiger partial charge is 0.449 e. The van der Waals surface area contributed by atoms with Crippen LogP contribution in [0.4, 0.5) is 5.69 Å². The maximum Gasteiger partial charge on any atom is 0.338 e. The molecule has 0 aliphatic carbocycles. The van der Waals surface area contributed by atoms with Gasteiger partial charge in [0.2, 0.25) is 10.0 Å². The highest BCUT2D eigenvalue weighted by atomic mass is 32.2. The van der Waals surface area contributed by atoms with Crippen LogP contribution >= 0.6 is 0 Å². The van der Waals surface area contributed by atoms with Gasteiger partial charge in [0.25, 0.3) is 5.91 Å². The van der Waals surface area contributed by atoms with Gasteiger partial charge in [-0.2, -0.15) is 4.31 Å². The fourth-order valence-electron chi connectivity index (χ4n) is 3.48. The smallest absolute Gasteiger partial charge is 0.338 e. The van der Waals surface area contributed by atoms with Crippen LogP contribution in [-0.2, 0) is 24.3 Å². The zero-order valence-electron chi connectivity index (χ0n) is 19.1. The average Bonchev–Trinajstić information content (AvgIpc) is 2.84. The molecule has 0 spiro atoms. The molecule has 3 rings (SSSR count). The van der Waals surface area contributed by atoms with Gasteiger partial charge in [0.15, 0.2) is 6.10 Å². The van der Waals surface area contributed by atoms with E-state index >= 15 is 0 Å². The lowest BCUT2D eigenvalue weighted by Crippen LogP contribution is -2.40. The van der Waals surface area contributed by atoms with Crippen molar-refractivity contribution in [2.24, 2.45) is 0 Å². The van der Waals surface area contributed by atoms with E-state index in [-0.39, 0.29) is 16.4 Å². The van der Waals surface area contributed by atoms with Crippen molar-refractivity contribution < 1.29 is 27.5 Å². The monoisotopic (exact) mass is 474 g/mol. The highest BCUT2D eigenvalue weighted by molar-refractivity contribution is 7.89. The van der Waals surface area contributed by atoms with Crippen LogP contribution in [0.1, 0.15) is 49.0 Å². The first-order valence-corrected chi connectivity index (χ1v) is 12.5. The number of morpholine rings is 1. The van der Waals surface area contributed by atoms with Crippen LogP contribution in [-0.4, -0.2) is 57.0 Å². The number of esters is 1. The third kappa shape index (κ3) is 5.98. The summed E-state index contributed by atoms with van der Waals surface area (Å²) in [7, 11) is -3.65. The Kier molecular flexibility index (Phi) is 8.23. The summed E-state index contributed by atoms with van der Waals surface area (Å²) in [5.74, 6) is -0.875. The summed E-state index contributed by atoms with van der Waals surface area (Å²) in [6.45, 7) is 6.94. The number of ether oxygens (including phenoxy) is 2. The number of nitrogens with zero attached hydrogens (tertiary/aromatic N) is 1. The Labute approximate surface area is 194 Å². The number of rotatable bonds is 8. The van der Waals surface area contributed by atoms with Gasteiger partial charge in [0.05, 0.1) is 23.7 Å². The number of benzene rings is 2. The molecule has 8 nitrogen and oxygen atoms in total. The predicted molar refractivity (Wildman–Crippen MR) is 125 cm³/mol. The van der Waals surface area contributed by atoms with E-state index in [1.54, 1.807) is 0 Å². The molecule has 0 bridgehead atoms. The van der Waals surface area contributed by atoms with Crippen molar-refractivity contribution in [3.63, 3.8) is 0 Å². The normalized spacial score (nSPS) is 16.6. The number of para-hydroxylation sites is 1. The molecule has 1 N–H and O–H groups in total. The lowest BCUT2D eigenvalue weighted by Gasteiger charge is -2.26. The molecular formula is C24H30N2O6S. The summed E-state index contributed by atoms with van der Waals surface area (Å²) < 4.78 is 37.3. The minimum absolute atomic E-state index is 0.0911. The number of sulfonamides is 1. The van der Waals surface area contributed by atoms with Gasteiger partial charge in [0, 0.05) is 18.8 Å². The molecule has 1 saturated heterocycles. The fraction of sp³-hybridized carbons (Fsp3) is 0.417. The molecule has 2 aromatic carbocycles. The summed E-state index contributed by atoms with van der Waals surface area (Å²) in [6, 6.07) is 13.1. The molecule has 0 saturated carbocycles. The molecule has 33 heavy (non-hydrogen) atoms. The third-order valence-electron chi connectivity index (χ3n) is 5.71. The molecule has 178 valence electrons. The first kappa shape index (κ1) is 24.9. The second-order valence-electron chi connectivity index (χ2n) is 7.97. The quantitative estimate of drug-likeness (QED) is 0.589. The topological polar surface area (TPSA) is 102 Å². The van der Waals surface area contributed by atoms with Crippen molar-refractivity contribution in [3.05, 3.63) is 59.7 Å². The van der Waals surface area contributed by atoms with Gasteiger partial charge in [-0.25, -0.2) is 13.2 Å². The average molecular weight is 475 g/mol. The predicted octanol–water partition coefficient (Wildman–Crippen LogP) is 3.41. The van der Waals surface area contributed by atoms with E-state index in [1.165, 1.54) is 35.5 Å². The summed E-state index contributed by atoms with van der Waals surface area (Å²) in [5, 5.41) is 2.84. The standard InChI is InChI=1S/C24H30N2O6S/c1-4-17(2)21-7-5-6-8-22(21)25-23(27)18(3)32-24(28)19-9-11-20(12-10-19)33(29,30)26-13-15-31-16-14-26/h5-12,17-18H,4,13-16H2,1-3H3,(H,25,27). The van der Waals surface area contributed by atoms with E-state index in [9.17, 15) is 18.0 Å². The van der Waals surface area contributed by atoms with Crippen molar-refractivity contribution in [2.45, 2.75) is 44.1 Å². The third-order valence-corrected chi connectivity index (χ3v) is 7.63. The number of carbonyl (C=O) groups excluding carboxylic acids is 2. The highest BCUT2D eigenvalue weighted by Crippen LogP contribution is 2.26. The number of amides is 1. The molecule has 9 heteroatoms. The number of carbonyl (C=O) groups is 2. The number of hydrogen-bond acceptors (Lipinski definition) is 6. The van der Waals surface area contributed by atoms with Gasteiger partial charge in [-0.05, 0) is 55.2 Å². The molecule has 2 unspecified atom stereocenters. The number of anilines is 1. The Morgan fingerprint density at radius 1 is 1.06 bits per heavy atom. The maximum absolute atomic E-state index is 12.7. The van der Waals surface area contributed by atoms with E-state index in [2.05, 4.69) is 19.2 Å². The summed E-state index contributed by atoms with van der Waals surface area (Å²) in [6.07, 6.45) is -0.103. The Bertz CT molecular complexity index is 1080. The molecule has 2 atom stereocenters. The van der Waals surface area contributed by atoms with E-state index in [1.807, 2.05) is 24.3 Å². The highest BCUT2D eigenvalue weighted by Gasteiger charge is 2.27. The van der Waals surface area contributed by atoms with Gasteiger partial charge < -0.3 is 14.8 Å². The molecule has 1 aliphatic rings. The molecule has 0 radical (unpaired) electrons. The Balaban J connectivity index is 1.63. The van der Waals surface area contributed by atoms with E-state index in [4.69, 9.17) is 9.47 Å². The minimum Gasteiger partial charge on any atom is -0.449 e. The van der Waals surface area contributed by atoms with E-state index in [0.29, 0.717) is 32.0 Å². The molecule has 1 heterocycles. The lowest BCUT2D eigenvalue weighted by molar-refractivity contribution is -0.123. The molecular weight excluding hydrogens is 444 g/mol. The lowest BCUT2D eigenvalue weighted by atomic mass is 9.97. The summed E-state index contributed by atoms with van der Waals surface area (Å²) in [4.78, 5) is 25.2. The maximum atomic E-state index is 12.7. The van der Waals surface area contributed by atoms with Crippen molar-refractivity contribution in [1.29, 1.82) is 0 Å². The van der Waals surface area contributed by atoms with Crippen LogP contribution in [0.2, 0.25) is 0 Å². The van der Waals surface area contributed by atoms with E-state index < -0.39 is 28.0 Å². The summed E-state index contributed by atoms with van der Waals surface area (Å²) in [5.41, 5.74) is 1.87. The molecule has 1 amide bonds. The van der Waals surface area contributed by atoms with Crippen molar-refractivity contribution >= 4 is 27.6 Å². The first-order chi connectivity index (χ1) is 15.7. The number of nitrogens with one attached hydrogen (secondary N) is 1. The summed E-state index contributed by atoms with van der Waals surface area (Å²) >= 11 is 0. The van der Waals surface area contributed by atoms with Crippen LogP contribution in [0.5, 0.6) is 0 Å². The van der Waals surface area contributed by atoms with Gasteiger partial charge in [-0.1, -0.05) is 32.0 Å². The molecule has 1 aliphatic heterocycles. The Morgan fingerprint density at radius 3 is 2.33 bits per heavy atom. The minimum atomic E-state index is -3.65. The van der Waals surface area contributed by atoms with Crippen LogP contribution in [0.15, 0.2) is 53.4 Å². The van der Waals surface area contributed by atoms with Gasteiger partial charge in [-0.3, -0.25) is 4.79 Å². The SMILES string of the molecule is CCC(C)c1ccccc1NC(=O)C(C)OC(=O)c1ccc(S(=O)(=O)N2CCOCC2)cc1. The van der Waals surface area contributed by atoms with Crippen molar-refractivity contribution in [1.82, 2.24) is 4.31 Å². The van der Waals surface area contributed by atoms with Crippen molar-refractivity contribution in [3.8, 4) is 0 Å². The molecule has 1 fully saturated rings. The second kappa shape index (κ2) is 10.9. The van der Waals surface area contributed by atoms with Crippen LogP contribution in [0.3, 0.4) is 0 Å².